The number of carbonyl (C=O) groups excluding carboxylic acids is 1. The molecule has 6 heteroatoms. The molecule has 0 spiro atoms. The van der Waals surface area contributed by atoms with E-state index >= 15 is 0 Å². The molecule has 0 radical (unpaired) electrons. The van der Waals surface area contributed by atoms with Crippen LogP contribution in [0.4, 0.5) is 0 Å². The van der Waals surface area contributed by atoms with Crippen LogP contribution in [0, 0.1) is 5.41 Å². The normalized spacial score (nSPS) is 19.4. The predicted octanol–water partition coefficient (Wildman–Crippen LogP) is 1.41. The third-order valence-corrected chi connectivity index (χ3v) is 3.28. The van der Waals surface area contributed by atoms with Crippen LogP contribution in [0.2, 0.25) is 0 Å². The second kappa shape index (κ2) is 8.20. The van der Waals surface area contributed by atoms with Gasteiger partial charge >= 0.3 is 0 Å². The maximum Gasteiger partial charge on any atom is 0.237 e. The van der Waals surface area contributed by atoms with E-state index in [2.05, 4.69) is 17.3 Å². The Hall–Kier alpha value is -0.0300. The third kappa shape index (κ3) is 6.23. The van der Waals surface area contributed by atoms with Crippen molar-refractivity contribution in [2.24, 2.45) is 11.1 Å². The summed E-state index contributed by atoms with van der Waals surface area (Å²) in [6, 6.07) is -0.121. The number of nitrogens with two attached hydrogens (primary N) is 1. The number of carbonyl (C=O) groups is 1. The maximum atomic E-state index is 11.9. The smallest absolute Gasteiger partial charge is 0.237 e. The first-order valence-electron chi connectivity index (χ1n) is 6.05. The summed E-state index contributed by atoms with van der Waals surface area (Å²) in [5.74, 6) is -0.0120. The Kier molecular flexibility index (Phi) is 9.25. The molecule has 0 aromatic heterocycles. The summed E-state index contributed by atoms with van der Waals surface area (Å²) >= 11 is 0. The highest BCUT2D eigenvalue weighted by Gasteiger charge is 2.29. The maximum absolute atomic E-state index is 11.9. The van der Waals surface area contributed by atoms with Gasteiger partial charge in [-0.1, -0.05) is 20.8 Å². The van der Waals surface area contributed by atoms with Gasteiger partial charge in [-0.05, 0) is 38.4 Å². The number of nitrogens with one attached hydrogen (secondary N) is 1. The molecule has 18 heavy (non-hydrogen) atoms. The van der Waals surface area contributed by atoms with Gasteiger partial charge in [-0.3, -0.25) is 4.79 Å². The molecule has 1 amide bonds. The Morgan fingerprint density at radius 3 is 2.11 bits per heavy atom. The summed E-state index contributed by atoms with van der Waals surface area (Å²) in [7, 11) is 2.11. The molecular formula is C12H27Cl2N3O. The number of halogens is 2. The Labute approximate surface area is 123 Å². The molecule has 0 unspecified atom stereocenters. The Balaban J connectivity index is 0. The number of rotatable bonds is 2. The van der Waals surface area contributed by atoms with Gasteiger partial charge in [0, 0.05) is 6.04 Å². The highest BCUT2D eigenvalue weighted by molar-refractivity contribution is 5.85. The predicted molar refractivity (Wildman–Crippen MR) is 80.6 cm³/mol. The summed E-state index contributed by atoms with van der Waals surface area (Å²) in [5.41, 5.74) is 5.75. The molecule has 1 aliphatic rings. The zero-order valence-corrected chi connectivity index (χ0v) is 13.4. The molecule has 0 aromatic rings. The molecule has 1 fully saturated rings. The van der Waals surface area contributed by atoms with Gasteiger partial charge in [-0.25, -0.2) is 0 Å². The minimum atomic E-state index is -0.424. The molecule has 1 aliphatic heterocycles. The van der Waals surface area contributed by atoms with Gasteiger partial charge in [-0.15, -0.1) is 24.8 Å². The van der Waals surface area contributed by atoms with Crippen molar-refractivity contribution in [1.82, 2.24) is 10.2 Å². The standard InChI is InChI=1S/C12H25N3O.2ClH/c1-12(2,3)10(13)11(16)14-9-5-7-15(4)8-6-9;;/h9-10H,5-8,13H2,1-4H3,(H,14,16);2*1H/t10-;;/m1../s1. The number of piperidine rings is 1. The molecule has 1 atom stereocenters. The summed E-state index contributed by atoms with van der Waals surface area (Å²) in [5, 5.41) is 3.06. The lowest BCUT2D eigenvalue weighted by atomic mass is 9.86. The highest BCUT2D eigenvalue weighted by atomic mass is 35.5. The zero-order chi connectivity index (χ0) is 12.3. The molecule has 110 valence electrons. The van der Waals surface area contributed by atoms with Crippen molar-refractivity contribution < 1.29 is 4.79 Å². The summed E-state index contributed by atoms with van der Waals surface area (Å²) < 4.78 is 0. The number of likely N-dealkylation sites (tertiary alicyclic amines) is 1. The van der Waals surface area contributed by atoms with Crippen LogP contribution in [0.15, 0.2) is 0 Å². The van der Waals surface area contributed by atoms with Gasteiger partial charge in [-0.2, -0.15) is 0 Å². The topological polar surface area (TPSA) is 58.4 Å². The first-order chi connectivity index (χ1) is 7.30. The SMILES string of the molecule is CN1CCC(NC(=O)[C@@H](N)C(C)(C)C)CC1.Cl.Cl. The first kappa shape index (κ1) is 20.3. The molecule has 0 aliphatic carbocycles. The van der Waals surface area contributed by atoms with Crippen molar-refractivity contribution >= 4 is 30.7 Å². The van der Waals surface area contributed by atoms with Gasteiger partial charge in [0.2, 0.25) is 5.91 Å². The third-order valence-electron chi connectivity index (χ3n) is 3.28. The fraction of sp³-hybridized carbons (Fsp3) is 0.917. The first-order valence-corrected chi connectivity index (χ1v) is 6.05. The van der Waals surface area contributed by atoms with Crippen molar-refractivity contribution in [3.05, 3.63) is 0 Å². The summed E-state index contributed by atoms with van der Waals surface area (Å²) in [6.45, 7) is 8.08. The molecule has 1 rings (SSSR count). The van der Waals surface area contributed by atoms with Crippen LogP contribution in [-0.4, -0.2) is 43.0 Å². The monoisotopic (exact) mass is 299 g/mol. The Morgan fingerprint density at radius 2 is 1.72 bits per heavy atom. The van der Waals surface area contributed by atoms with Crippen molar-refractivity contribution in [2.75, 3.05) is 20.1 Å². The lowest BCUT2D eigenvalue weighted by Gasteiger charge is -2.32. The van der Waals surface area contributed by atoms with Gasteiger partial charge in [0.25, 0.3) is 0 Å². The molecule has 1 heterocycles. The van der Waals surface area contributed by atoms with Gasteiger partial charge in [0.05, 0.1) is 6.04 Å². The Bertz CT molecular complexity index is 248. The highest BCUT2D eigenvalue weighted by Crippen LogP contribution is 2.18. The molecule has 1 saturated heterocycles. The molecule has 0 aromatic carbocycles. The van der Waals surface area contributed by atoms with Crippen LogP contribution in [0.5, 0.6) is 0 Å². The fourth-order valence-electron chi connectivity index (χ4n) is 1.84. The zero-order valence-electron chi connectivity index (χ0n) is 11.7. The second-order valence-corrected chi connectivity index (χ2v) is 5.93. The minimum absolute atomic E-state index is 0. The quantitative estimate of drug-likeness (QED) is 0.811. The lowest BCUT2D eigenvalue weighted by molar-refractivity contribution is -0.125. The van der Waals surface area contributed by atoms with Crippen LogP contribution in [0.3, 0.4) is 0 Å². The van der Waals surface area contributed by atoms with Crippen LogP contribution in [0.25, 0.3) is 0 Å². The van der Waals surface area contributed by atoms with E-state index in [1.165, 1.54) is 0 Å². The number of amides is 1. The van der Waals surface area contributed by atoms with Crippen LogP contribution < -0.4 is 11.1 Å². The molecule has 3 N–H and O–H groups in total. The van der Waals surface area contributed by atoms with Crippen molar-refractivity contribution in [1.29, 1.82) is 0 Å². The van der Waals surface area contributed by atoms with E-state index in [0.717, 1.165) is 25.9 Å². The molecule has 0 saturated carbocycles. The number of hydrogen-bond donors (Lipinski definition) is 2. The van der Waals surface area contributed by atoms with E-state index in [9.17, 15) is 4.79 Å². The van der Waals surface area contributed by atoms with E-state index in [1.807, 2.05) is 20.8 Å². The van der Waals surface area contributed by atoms with Gasteiger partial charge in [0.1, 0.15) is 0 Å². The average Bonchev–Trinajstić information content (AvgIpc) is 2.19. The number of nitrogens with zero attached hydrogens (tertiary/aromatic N) is 1. The van der Waals surface area contributed by atoms with Gasteiger partial charge < -0.3 is 16.0 Å². The van der Waals surface area contributed by atoms with Crippen molar-refractivity contribution in [3.8, 4) is 0 Å². The van der Waals surface area contributed by atoms with Crippen molar-refractivity contribution in [2.45, 2.75) is 45.7 Å². The molecule has 4 nitrogen and oxygen atoms in total. The molecular weight excluding hydrogens is 273 g/mol. The van der Waals surface area contributed by atoms with E-state index in [0.29, 0.717) is 6.04 Å². The van der Waals surface area contributed by atoms with Crippen LogP contribution in [0.1, 0.15) is 33.6 Å². The average molecular weight is 300 g/mol. The molecule has 0 bridgehead atoms. The lowest BCUT2D eigenvalue weighted by Crippen LogP contribution is -2.53. The van der Waals surface area contributed by atoms with E-state index in [-0.39, 0.29) is 36.1 Å². The van der Waals surface area contributed by atoms with Crippen LogP contribution in [-0.2, 0) is 4.79 Å². The van der Waals surface area contributed by atoms with E-state index in [1.54, 1.807) is 0 Å². The number of hydrogen-bond acceptors (Lipinski definition) is 3. The summed E-state index contributed by atoms with van der Waals surface area (Å²) in [6.07, 6.45) is 2.05. The van der Waals surface area contributed by atoms with Gasteiger partial charge in [0.15, 0.2) is 0 Å². The largest absolute Gasteiger partial charge is 0.352 e. The Morgan fingerprint density at radius 1 is 1.28 bits per heavy atom. The van der Waals surface area contributed by atoms with E-state index < -0.39 is 6.04 Å². The fourth-order valence-corrected chi connectivity index (χ4v) is 1.84. The van der Waals surface area contributed by atoms with Crippen molar-refractivity contribution in [3.63, 3.8) is 0 Å². The second-order valence-electron chi connectivity index (χ2n) is 5.93. The minimum Gasteiger partial charge on any atom is -0.352 e. The van der Waals surface area contributed by atoms with E-state index in [4.69, 9.17) is 5.73 Å². The van der Waals surface area contributed by atoms with Crippen LogP contribution >= 0.6 is 24.8 Å². The summed E-state index contributed by atoms with van der Waals surface area (Å²) in [4.78, 5) is 14.2.